The van der Waals surface area contributed by atoms with Crippen LogP contribution in [0.5, 0.6) is 23.0 Å². The number of carbonyl (C=O) groups excluding carboxylic acids is 1. The highest BCUT2D eigenvalue weighted by Crippen LogP contribution is 2.44. The minimum atomic E-state index is -1.62. The highest BCUT2D eigenvalue weighted by molar-refractivity contribution is 5.98. The van der Waals surface area contributed by atoms with Crippen LogP contribution < -0.4 is 10.2 Å². The van der Waals surface area contributed by atoms with Crippen LogP contribution in [0.1, 0.15) is 85.7 Å². The molecule has 3 atom stereocenters. The van der Waals surface area contributed by atoms with Crippen molar-refractivity contribution in [2.45, 2.75) is 84.5 Å². The minimum Gasteiger partial charge on any atom is -0.508 e. The molecule has 0 saturated heterocycles. The highest BCUT2D eigenvalue weighted by atomic mass is 16.6. The van der Waals surface area contributed by atoms with Crippen molar-refractivity contribution in [1.29, 1.82) is 0 Å². The largest absolute Gasteiger partial charge is 0.508 e. The molecule has 0 spiro atoms. The number of allylic oxidation sites excluding steroid dienone is 4. The maximum atomic E-state index is 14.2. The molecule has 0 saturated carbocycles. The Kier molecular flexibility index (Phi) is 11.0. The second-order valence-corrected chi connectivity index (χ2v) is 13.8. The number of unbranched alkanes of at least 4 members (excludes halogenated alkanes) is 1. The maximum Gasteiger partial charge on any atom is 0.342 e. The number of hydrogen-bond acceptors (Lipinski definition) is 10. The molecule has 0 bridgehead atoms. The summed E-state index contributed by atoms with van der Waals surface area (Å²) < 4.78 is 18.2. The molecule has 0 fully saturated rings. The number of phenolic OH excluding ortho intramolecular Hbond substituents is 3. The second kappa shape index (κ2) is 15.0. The molecule has 270 valence electrons. The number of phenols is 3. The zero-order chi connectivity index (χ0) is 37.2. The summed E-state index contributed by atoms with van der Waals surface area (Å²) in [5.74, 6) is -2.04. The van der Waals surface area contributed by atoms with Crippen molar-refractivity contribution in [1.82, 2.24) is 0 Å². The number of fused-ring (bicyclic) bond motifs is 4. The van der Waals surface area contributed by atoms with Crippen molar-refractivity contribution >= 4 is 27.9 Å². The Morgan fingerprint density at radius 2 is 1.76 bits per heavy atom. The monoisotopic (exact) mass is 698 g/mol. The molecule has 1 aromatic heterocycles. The maximum absolute atomic E-state index is 14.2. The summed E-state index contributed by atoms with van der Waals surface area (Å²) in [7, 11) is 0. The molecule has 0 radical (unpaired) electrons. The standard InChI is InChI=1S/C41H46O10/c1-7-8-9-10-11-12-13-14-24-18-26(42)20-29(44)32(24)40(47)51-31(41(5,6)48)19-25-15-16-28(43)33-37(46)34-30(50-39(25)33)17-23(4)38-35(34)36(45)27(21-49-38)22(2)3/h9-12,15-18,20,27,31,36,42-45,48H,2,7-8,13-14,19,21H2,1,3-6H3/b10-9-,12-11-/t27-,31+,36-/m0/s1. The number of esters is 1. The molecule has 5 rings (SSSR count). The SMILES string of the molecule is C=C(C)[C@@H]1COc2c(C)cc3oc4c(C[C@@H](OC(=O)c5c(O)cc(O)cc5CC/C=C\C=C/CCC)C(C)(C)O)ccc(O)c4c(=O)c3c2[C@H]1O. The van der Waals surface area contributed by atoms with Gasteiger partial charge in [0.2, 0.25) is 5.43 Å². The first-order chi connectivity index (χ1) is 24.1. The van der Waals surface area contributed by atoms with Gasteiger partial charge in [-0.3, -0.25) is 4.79 Å². The van der Waals surface area contributed by atoms with Gasteiger partial charge < -0.3 is 39.4 Å². The van der Waals surface area contributed by atoms with E-state index < -0.39 is 40.9 Å². The molecular weight excluding hydrogens is 652 g/mol. The van der Waals surface area contributed by atoms with Crippen LogP contribution in [0.25, 0.3) is 21.9 Å². The fourth-order valence-electron chi connectivity index (χ4n) is 6.49. The molecular formula is C41H46O10. The Labute approximate surface area is 296 Å². The average molecular weight is 699 g/mol. The first kappa shape index (κ1) is 37.2. The van der Waals surface area contributed by atoms with Crippen LogP contribution in [-0.2, 0) is 17.6 Å². The molecule has 1 aliphatic heterocycles. The number of rotatable bonds is 12. The molecule has 3 aromatic carbocycles. The Morgan fingerprint density at radius 1 is 1.06 bits per heavy atom. The summed E-state index contributed by atoms with van der Waals surface area (Å²) in [6.45, 7) is 12.7. The number of ether oxygens (including phenoxy) is 2. The number of carbonyl (C=O) groups is 1. The van der Waals surface area contributed by atoms with Crippen LogP contribution >= 0.6 is 0 Å². The summed E-state index contributed by atoms with van der Waals surface area (Å²) in [5, 5.41) is 54.4. The molecule has 4 aromatic rings. The Morgan fingerprint density at radius 3 is 2.43 bits per heavy atom. The van der Waals surface area contributed by atoms with Crippen LogP contribution in [0.2, 0.25) is 0 Å². The number of aromatic hydroxyl groups is 3. The van der Waals surface area contributed by atoms with E-state index in [1.807, 2.05) is 24.3 Å². The zero-order valence-electron chi connectivity index (χ0n) is 29.7. The van der Waals surface area contributed by atoms with Crippen molar-refractivity contribution in [2.24, 2.45) is 5.92 Å². The van der Waals surface area contributed by atoms with Crippen molar-refractivity contribution < 1.29 is 44.2 Å². The Balaban J connectivity index is 1.53. The van der Waals surface area contributed by atoms with Crippen LogP contribution in [0.4, 0.5) is 0 Å². The molecule has 10 nitrogen and oxygen atoms in total. The Bertz CT molecular complexity index is 2100. The lowest BCUT2D eigenvalue weighted by molar-refractivity contribution is -0.0637. The fraction of sp³-hybridized carbons (Fsp3) is 0.366. The molecule has 51 heavy (non-hydrogen) atoms. The van der Waals surface area contributed by atoms with Crippen LogP contribution in [-0.4, -0.2) is 49.8 Å². The van der Waals surface area contributed by atoms with Crippen molar-refractivity contribution in [3.05, 3.63) is 105 Å². The zero-order valence-corrected chi connectivity index (χ0v) is 29.7. The van der Waals surface area contributed by atoms with Gasteiger partial charge in [-0.25, -0.2) is 4.79 Å². The molecule has 0 unspecified atom stereocenters. The van der Waals surface area contributed by atoms with Crippen molar-refractivity contribution in [3.8, 4) is 23.0 Å². The van der Waals surface area contributed by atoms with Gasteiger partial charge in [0.25, 0.3) is 0 Å². The molecule has 0 amide bonds. The Hall–Kier alpha value is -5.06. The van der Waals surface area contributed by atoms with Gasteiger partial charge in [0.05, 0.1) is 23.7 Å². The first-order valence-corrected chi connectivity index (χ1v) is 17.1. The van der Waals surface area contributed by atoms with Crippen molar-refractivity contribution in [2.75, 3.05) is 6.61 Å². The number of aryl methyl sites for hydroxylation is 2. The predicted molar refractivity (Wildman–Crippen MR) is 196 cm³/mol. The molecule has 10 heteroatoms. The van der Waals surface area contributed by atoms with E-state index in [-0.39, 0.29) is 57.6 Å². The highest BCUT2D eigenvalue weighted by Gasteiger charge is 2.36. The third kappa shape index (κ3) is 7.67. The van der Waals surface area contributed by atoms with Crippen LogP contribution in [0.15, 0.2) is 76.0 Å². The summed E-state index contributed by atoms with van der Waals surface area (Å²) in [6, 6.07) is 6.92. The summed E-state index contributed by atoms with van der Waals surface area (Å²) >= 11 is 0. The van der Waals surface area contributed by atoms with Gasteiger partial charge >= 0.3 is 5.97 Å². The van der Waals surface area contributed by atoms with Crippen LogP contribution in [0.3, 0.4) is 0 Å². The summed E-state index contributed by atoms with van der Waals surface area (Å²) in [6.07, 6.45) is 8.17. The first-order valence-electron chi connectivity index (χ1n) is 17.1. The molecule has 1 aliphatic rings. The van der Waals surface area contributed by atoms with E-state index in [2.05, 4.69) is 13.5 Å². The lowest BCUT2D eigenvalue weighted by Crippen LogP contribution is -2.41. The van der Waals surface area contributed by atoms with E-state index in [9.17, 15) is 35.1 Å². The van der Waals surface area contributed by atoms with E-state index in [1.54, 1.807) is 19.9 Å². The van der Waals surface area contributed by atoms with Gasteiger partial charge in [0.1, 0.15) is 51.2 Å². The number of aliphatic hydroxyl groups excluding tert-OH is 1. The van der Waals surface area contributed by atoms with E-state index in [4.69, 9.17) is 13.9 Å². The molecule has 0 aliphatic carbocycles. The third-order valence-electron chi connectivity index (χ3n) is 9.32. The van der Waals surface area contributed by atoms with Gasteiger partial charge in [-0.2, -0.15) is 0 Å². The van der Waals surface area contributed by atoms with Crippen molar-refractivity contribution in [3.63, 3.8) is 0 Å². The van der Waals surface area contributed by atoms with E-state index in [1.165, 1.54) is 32.0 Å². The van der Waals surface area contributed by atoms with E-state index in [0.717, 1.165) is 18.9 Å². The number of aliphatic hydroxyl groups is 2. The minimum absolute atomic E-state index is 0.0211. The summed E-state index contributed by atoms with van der Waals surface area (Å²) in [4.78, 5) is 27.9. The van der Waals surface area contributed by atoms with Gasteiger partial charge in [0.15, 0.2) is 0 Å². The fourth-order valence-corrected chi connectivity index (χ4v) is 6.49. The van der Waals surface area contributed by atoms with E-state index >= 15 is 0 Å². The van der Waals surface area contributed by atoms with Gasteiger partial charge in [0, 0.05) is 24.0 Å². The smallest absolute Gasteiger partial charge is 0.342 e. The quantitative estimate of drug-likeness (QED) is 0.0436. The lowest BCUT2D eigenvalue weighted by Gasteiger charge is -2.32. The third-order valence-corrected chi connectivity index (χ3v) is 9.32. The lowest BCUT2D eigenvalue weighted by atomic mass is 9.85. The second-order valence-electron chi connectivity index (χ2n) is 13.8. The normalized spacial score (nSPS) is 16.8. The van der Waals surface area contributed by atoms with Gasteiger partial charge in [-0.05, 0) is 81.8 Å². The number of hydrogen-bond donors (Lipinski definition) is 5. The average Bonchev–Trinajstić information content (AvgIpc) is 3.04. The summed E-state index contributed by atoms with van der Waals surface area (Å²) in [5.41, 5.74) is 0.135. The van der Waals surface area contributed by atoms with Gasteiger partial charge in [-0.1, -0.05) is 55.9 Å². The molecule has 2 heterocycles. The van der Waals surface area contributed by atoms with Crippen LogP contribution in [0, 0.1) is 12.8 Å². The van der Waals surface area contributed by atoms with Gasteiger partial charge in [-0.15, -0.1) is 0 Å². The number of benzene rings is 3. The molecule has 5 N–H and O–H groups in total. The topological polar surface area (TPSA) is 167 Å². The van der Waals surface area contributed by atoms with E-state index in [0.29, 0.717) is 40.9 Å². The predicted octanol–water partition coefficient (Wildman–Crippen LogP) is 7.37.